The first-order valence-corrected chi connectivity index (χ1v) is 24.6. The van der Waals surface area contributed by atoms with Crippen LogP contribution in [0.5, 0.6) is 5.75 Å². The van der Waals surface area contributed by atoms with Crippen molar-refractivity contribution in [3.05, 3.63) is 93.6 Å². The zero-order valence-electron chi connectivity index (χ0n) is 39.8. The van der Waals surface area contributed by atoms with Crippen LogP contribution >= 0.6 is 11.6 Å². The van der Waals surface area contributed by atoms with Gasteiger partial charge in [-0.15, -0.1) is 5.10 Å². The summed E-state index contributed by atoms with van der Waals surface area (Å²) < 4.78 is 9.50. The molecule has 1 unspecified atom stereocenters. The lowest BCUT2D eigenvalue weighted by Gasteiger charge is -2.63. The van der Waals surface area contributed by atoms with E-state index in [1.165, 1.54) is 0 Å². The molecule has 364 valence electrons. The summed E-state index contributed by atoms with van der Waals surface area (Å²) in [5, 5.41) is 28.3. The third kappa shape index (κ3) is 8.89. The molecule has 5 fully saturated rings. The smallest absolute Gasteiger partial charge is 0.278 e. The van der Waals surface area contributed by atoms with Crippen molar-refractivity contribution in [3.63, 3.8) is 0 Å². The Morgan fingerprint density at radius 2 is 1.69 bits per heavy atom. The van der Waals surface area contributed by atoms with Crippen LogP contribution in [0.1, 0.15) is 94.2 Å². The van der Waals surface area contributed by atoms with Crippen LogP contribution in [0.15, 0.2) is 71.9 Å². The number of pyridine rings is 1. The number of halogens is 1. The highest BCUT2D eigenvalue weighted by Gasteiger charge is 2.64. The molecule has 70 heavy (non-hydrogen) atoms. The summed E-state index contributed by atoms with van der Waals surface area (Å²) in [6.45, 7) is 13.9. The summed E-state index contributed by atoms with van der Waals surface area (Å²) in [6.07, 6.45) is 9.56. The number of nitrogens with zero attached hydrogens (tertiary/aromatic N) is 10. The minimum atomic E-state index is -0.890. The zero-order valence-corrected chi connectivity index (χ0v) is 40.6. The average Bonchev–Trinajstić information content (AvgIpc) is 3.83. The number of anilines is 1. The van der Waals surface area contributed by atoms with Gasteiger partial charge in [0.25, 0.3) is 17.4 Å². The van der Waals surface area contributed by atoms with E-state index in [-0.39, 0.29) is 65.5 Å². The molecule has 4 aliphatic heterocycles. The van der Waals surface area contributed by atoms with Gasteiger partial charge in [-0.05, 0) is 80.5 Å². The van der Waals surface area contributed by atoms with Crippen molar-refractivity contribution in [2.75, 3.05) is 50.7 Å². The van der Waals surface area contributed by atoms with Gasteiger partial charge in [-0.3, -0.25) is 39.0 Å². The van der Waals surface area contributed by atoms with Crippen LogP contribution in [0.4, 0.5) is 5.69 Å². The van der Waals surface area contributed by atoms with Gasteiger partial charge >= 0.3 is 0 Å². The summed E-state index contributed by atoms with van der Waals surface area (Å²) in [6, 6.07) is 15.4. The molecular formula is C51H57ClN12O6. The van der Waals surface area contributed by atoms with E-state index in [0.29, 0.717) is 51.8 Å². The van der Waals surface area contributed by atoms with Crippen LogP contribution in [-0.2, 0) is 14.4 Å². The average molecular weight is 970 g/mol. The van der Waals surface area contributed by atoms with Gasteiger partial charge in [-0.2, -0.15) is 15.0 Å². The number of nitriles is 1. The minimum absolute atomic E-state index is 0.107. The van der Waals surface area contributed by atoms with Gasteiger partial charge in [-0.1, -0.05) is 44.5 Å². The van der Waals surface area contributed by atoms with Gasteiger partial charge in [0.15, 0.2) is 0 Å². The number of ether oxygens (including phenoxy) is 1. The number of nitrogens with one attached hydrogen (secondary N) is 2. The van der Waals surface area contributed by atoms with E-state index in [9.17, 15) is 29.2 Å². The molecule has 1 saturated carbocycles. The molecule has 4 amide bonds. The van der Waals surface area contributed by atoms with E-state index < -0.39 is 17.5 Å². The number of piperidine rings is 3. The third-order valence-corrected chi connectivity index (χ3v) is 15.8. The second-order valence-electron chi connectivity index (χ2n) is 20.9. The second kappa shape index (κ2) is 18.6. The van der Waals surface area contributed by atoms with E-state index in [1.807, 2.05) is 23.2 Å². The number of rotatable bonds is 11. The predicted octanol–water partition coefficient (Wildman–Crippen LogP) is 5.18. The summed E-state index contributed by atoms with van der Waals surface area (Å²) in [5.74, 6) is 0.0727. The Hall–Kier alpha value is -6.71. The molecule has 19 heteroatoms. The van der Waals surface area contributed by atoms with Crippen LogP contribution in [0, 0.1) is 34.0 Å². The lowest BCUT2D eigenvalue weighted by atomic mass is 9.49. The molecule has 0 spiro atoms. The van der Waals surface area contributed by atoms with Gasteiger partial charge in [0.1, 0.15) is 29.5 Å². The number of carbonyl (C=O) groups excluding carboxylic acids is 4. The molecule has 3 aromatic heterocycles. The van der Waals surface area contributed by atoms with Crippen LogP contribution < -0.4 is 25.8 Å². The quantitative estimate of drug-likeness (QED) is 0.164. The van der Waals surface area contributed by atoms with Crippen LogP contribution in [0.3, 0.4) is 0 Å². The van der Waals surface area contributed by atoms with Gasteiger partial charge in [0.2, 0.25) is 11.8 Å². The molecule has 0 radical (unpaired) electrons. The maximum absolute atomic E-state index is 13.6. The van der Waals surface area contributed by atoms with Crippen molar-refractivity contribution in [1.82, 2.24) is 50.2 Å². The Bertz CT molecular complexity index is 2940. The highest BCUT2D eigenvalue weighted by atomic mass is 35.5. The third-order valence-electron chi connectivity index (χ3n) is 15.5. The van der Waals surface area contributed by atoms with Crippen LogP contribution in [-0.4, -0.2) is 121 Å². The normalized spacial score (nSPS) is 23.0. The molecule has 5 aliphatic rings. The monoisotopic (exact) mass is 968 g/mol. The summed E-state index contributed by atoms with van der Waals surface area (Å²) in [5.41, 5.74) is 2.53. The molecule has 0 bridgehead atoms. The first-order chi connectivity index (χ1) is 33.6. The summed E-state index contributed by atoms with van der Waals surface area (Å²) in [4.78, 5) is 75.9. The molecule has 7 heterocycles. The number of aromatic nitrogens is 6. The van der Waals surface area contributed by atoms with Crippen molar-refractivity contribution in [2.24, 2.45) is 22.7 Å². The number of hydrogen-bond acceptors (Lipinski definition) is 13. The Kier molecular flexibility index (Phi) is 12.5. The molecule has 10 rings (SSSR count). The highest BCUT2D eigenvalue weighted by Crippen LogP contribution is 2.55. The number of benzene rings is 2. The Balaban J connectivity index is 0.655. The lowest BCUT2D eigenvalue weighted by Crippen LogP contribution is -2.74. The summed E-state index contributed by atoms with van der Waals surface area (Å²) in [7, 11) is 0. The van der Waals surface area contributed by atoms with E-state index in [2.05, 4.69) is 80.4 Å². The molecular weight excluding hydrogens is 912 g/mol. The molecule has 5 aromatic rings. The molecule has 1 aliphatic carbocycles. The molecule has 2 N–H and O–H groups in total. The number of likely N-dealkylation sites (tertiary alicyclic amines) is 2. The van der Waals surface area contributed by atoms with Crippen LogP contribution in [0.2, 0.25) is 5.02 Å². The van der Waals surface area contributed by atoms with Crippen molar-refractivity contribution < 1.29 is 23.9 Å². The maximum atomic E-state index is 13.6. The predicted molar refractivity (Wildman–Crippen MR) is 260 cm³/mol. The Labute approximate surface area is 410 Å². The van der Waals surface area contributed by atoms with E-state index in [4.69, 9.17) is 21.4 Å². The standard InChI is InChI=1S/C51H57ClN12O6/c1-50(2)48(51(3,4)49(50)70-37-8-5-31(23-53)39(52)22-37)57-44(66)32-6-9-40(54-24-32)33-25-55-63(29-33)35-15-17-60(18-16-35)26-30-13-19-61(20-14-30)46(68)34-27-62(28-34)36-7-10-41-38(21-36)47(69)64(59-58-41)42-11-12-43(65)56-45(42)67/h5-10,21-22,24-25,29-30,34-35,42,48-49H,11-20,26-28H2,1-4H3,(H,57,66)(H,56,65,67). The molecule has 1 atom stereocenters. The van der Waals surface area contributed by atoms with Crippen LogP contribution in [0.25, 0.3) is 22.2 Å². The number of hydrogen-bond donors (Lipinski definition) is 2. The fraction of sp³-hybridized carbons (Fsp3) is 0.490. The fourth-order valence-corrected chi connectivity index (χ4v) is 11.9. The number of carbonyl (C=O) groups is 4. The minimum Gasteiger partial charge on any atom is -0.489 e. The highest BCUT2D eigenvalue weighted by molar-refractivity contribution is 6.31. The van der Waals surface area contributed by atoms with E-state index in [1.54, 1.807) is 42.6 Å². The molecule has 4 saturated heterocycles. The molecule has 18 nitrogen and oxygen atoms in total. The number of amides is 4. The van der Waals surface area contributed by atoms with E-state index in [0.717, 1.165) is 80.0 Å². The Morgan fingerprint density at radius 1 is 0.929 bits per heavy atom. The van der Waals surface area contributed by atoms with Gasteiger partial charge in [0.05, 0.1) is 45.4 Å². The second-order valence-corrected chi connectivity index (χ2v) is 21.3. The zero-order chi connectivity index (χ0) is 49.1. The Morgan fingerprint density at radius 3 is 2.37 bits per heavy atom. The van der Waals surface area contributed by atoms with Crippen molar-refractivity contribution in [3.8, 4) is 23.1 Å². The van der Waals surface area contributed by atoms with Gasteiger partial charge in [0, 0.05) is 98.8 Å². The van der Waals surface area contributed by atoms with Crippen molar-refractivity contribution >= 4 is 51.8 Å². The first kappa shape index (κ1) is 47.0. The molecule has 2 aromatic carbocycles. The topological polar surface area (TPSA) is 214 Å². The maximum Gasteiger partial charge on any atom is 0.278 e. The van der Waals surface area contributed by atoms with Crippen molar-refractivity contribution in [1.29, 1.82) is 5.26 Å². The SMILES string of the molecule is CC1(C)C(NC(=O)c2ccc(-c3cnn(C4CCN(CC5CCN(C(=O)C6CN(c7ccc8nnn(C9CCC(=O)NC9=O)c(=O)c8c7)C6)CC5)CC4)c3)nc2)C(C)(C)C1Oc1ccc(C#N)c(Cl)c1. The first-order valence-electron chi connectivity index (χ1n) is 24.2. The summed E-state index contributed by atoms with van der Waals surface area (Å²) >= 11 is 6.26. The van der Waals surface area contributed by atoms with Gasteiger partial charge in [-0.25, -0.2) is 0 Å². The fourth-order valence-electron chi connectivity index (χ4n) is 11.7. The van der Waals surface area contributed by atoms with Gasteiger partial charge < -0.3 is 24.8 Å². The van der Waals surface area contributed by atoms with E-state index >= 15 is 0 Å². The largest absolute Gasteiger partial charge is 0.489 e. The number of fused-ring (bicyclic) bond motifs is 1. The van der Waals surface area contributed by atoms with Crippen molar-refractivity contribution in [2.45, 2.75) is 90.4 Å². The lowest BCUT2D eigenvalue weighted by molar-refractivity contribution is -0.164. The number of imide groups is 1.